The van der Waals surface area contributed by atoms with Crippen molar-refractivity contribution in [1.29, 1.82) is 0 Å². The molecule has 24 heavy (non-hydrogen) atoms. The van der Waals surface area contributed by atoms with Gasteiger partial charge in [0.25, 0.3) is 5.91 Å². The number of hydrogen-bond acceptors (Lipinski definition) is 4. The number of hydrogen-bond donors (Lipinski definition) is 1. The largest absolute Gasteiger partial charge is 0.495 e. The Morgan fingerprint density at radius 2 is 1.83 bits per heavy atom. The van der Waals surface area contributed by atoms with E-state index in [0.717, 1.165) is 43.1 Å². The van der Waals surface area contributed by atoms with Crippen LogP contribution in [0.3, 0.4) is 0 Å². The lowest BCUT2D eigenvalue weighted by atomic mass is 10.2. The number of nitrogens with zero attached hydrogens (tertiary/aromatic N) is 2. The zero-order valence-electron chi connectivity index (χ0n) is 14.6. The Hall–Kier alpha value is -2.56. The average Bonchev–Trinajstić information content (AvgIpc) is 2.62. The molecule has 0 aliphatic rings. The Balaban J connectivity index is 2.11. The van der Waals surface area contributed by atoms with Crippen LogP contribution in [-0.2, 0) is 0 Å². The van der Waals surface area contributed by atoms with Crippen LogP contribution in [0.5, 0.6) is 5.75 Å². The van der Waals surface area contributed by atoms with Gasteiger partial charge in [-0.2, -0.15) is 0 Å². The van der Waals surface area contributed by atoms with Crippen LogP contribution < -0.4 is 10.1 Å². The summed E-state index contributed by atoms with van der Waals surface area (Å²) in [4.78, 5) is 18.7. The molecule has 2 rings (SSSR count). The number of benzene rings is 1. The molecule has 0 aliphatic carbocycles. The van der Waals surface area contributed by atoms with Crippen LogP contribution in [0.15, 0.2) is 42.6 Å². The van der Waals surface area contributed by atoms with Crippen molar-refractivity contribution in [2.45, 2.75) is 26.7 Å². The molecule has 1 heterocycles. The van der Waals surface area contributed by atoms with E-state index < -0.39 is 0 Å². The molecule has 0 spiro atoms. The molecule has 0 radical (unpaired) electrons. The van der Waals surface area contributed by atoms with E-state index in [1.54, 1.807) is 19.4 Å². The number of methoxy groups -OCH3 is 1. The second-order valence-corrected chi connectivity index (χ2v) is 5.55. The molecular formula is C19H25N3O2. The van der Waals surface area contributed by atoms with Crippen molar-refractivity contribution in [1.82, 2.24) is 9.88 Å². The molecule has 0 saturated heterocycles. The fraction of sp³-hybridized carbons (Fsp3) is 0.368. The van der Waals surface area contributed by atoms with Crippen molar-refractivity contribution in [3.8, 4) is 5.75 Å². The highest BCUT2D eigenvalue weighted by Crippen LogP contribution is 2.26. The van der Waals surface area contributed by atoms with Crippen molar-refractivity contribution in [2.24, 2.45) is 0 Å². The molecule has 0 aliphatic heterocycles. The first kappa shape index (κ1) is 17.8. The molecule has 2 aromatic rings. The summed E-state index contributed by atoms with van der Waals surface area (Å²) in [5, 5.41) is 3.26. The highest BCUT2D eigenvalue weighted by molar-refractivity contribution is 5.92. The zero-order chi connectivity index (χ0) is 17.4. The molecule has 5 nitrogen and oxygen atoms in total. The van der Waals surface area contributed by atoms with Gasteiger partial charge in [-0.1, -0.05) is 26.0 Å². The summed E-state index contributed by atoms with van der Waals surface area (Å²) >= 11 is 0. The number of pyridine rings is 1. The summed E-state index contributed by atoms with van der Waals surface area (Å²) in [6, 6.07) is 11.3. The van der Waals surface area contributed by atoms with Crippen molar-refractivity contribution < 1.29 is 9.53 Å². The molecule has 0 saturated carbocycles. The average molecular weight is 327 g/mol. The van der Waals surface area contributed by atoms with Gasteiger partial charge in [-0.25, -0.2) is 4.98 Å². The molecule has 0 unspecified atom stereocenters. The maximum Gasteiger partial charge on any atom is 0.272 e. The first-order valence-corrected chi connectivity index (χ1v) is 8.35. The minimum atomic E-state index is -0.0115. The zero-order valence-corrected chi connectivity index (χ0v) is 14.6. The fourth-order valence-corrected chi connectivity index (χ4v) is 2.51. The van der Waals surface area contributed by atoms with Gasteiger partial charge in [0.2, 0.25) is 0 Å². The molecule has 0 bridgehead atoms. The fourth-order valence-electron chi connectivity index (χ4n) is 2.51. The first-order valence-electron chi connectivity index (χ1n) is 8.35. The SMILES string of the molecule is CCCN(CCC)C(=O)c1ccc(Nc2ccccc2OC)cn1. The second-order valence-electron chi connectivity index (χ2n) is 5.55. The van der Waals surface area contributed by atoms with Crippen LogP contribution in [0.2, 0.25) is 0 Å². The summed E-state index contributed by atoms with van der Waals surface area (Å²) in [7, 11) is 1.64. The molecular weight excluding hydrogens is 302 g/mol. The van der Waals surface area contributed by atoms with Gasteiger partial charge < -0.3 is 15.0 Å². The van der Waals surface area contributed by atoms with Crippen LogP contribution >= 0.6 is 0 Å². The Kier molecular flexibility index (Phi) is 6.61. The summed E-state index contributed by atoms with van der Waals surface area (Å²) in [6.45, 7) is 5.67. The Morgan fingerprint density at radius 3 is 2.42 bits per heavy atom. The highest BCUT2D eigenvalue weighted by atomic mass is 16.5. The van der Waals surface area contributed by atoms with Gasteiger partial charge in [-0.05, 0) is 37.1 Å². The van der Waals surface area contributed by atoms with Gasteiger partial charge in [0.15, 0.2) is 0 Å². The third-order valence-corrected chi connectivity index (χ3v) is 3.64. The topological polar surface area (TPSA) is 54.5 Å². The van der Waals surface area contributed by atoms with Gasteiger partial charge in [0.05, 0.1) is 24.7 Å². The second kappa shape index (κ2) is 8.91. The number of carbonyl (C=O) groups is 1. The van der Waals surface area contributed by atoms with E-state index in [-0.39, 0.29) is 5.91 Å². The van der Waals surface area contributed by atoms with E-state index in [9.17, 15) is 4.79 Å². The third-order valence-electron chi connectivity index (χ3n) is 3.64. The van der Waals surface area contributed by atoms with Crippen LogP contribution in [0.1, 0.15) is 37.2 Å². The van der Waals surface area contributed by atoms with Gasteiger partial charge in [0.1, 0.15) is 11.4 Å². The standard InChI is InChI=1S/C19H25N3O2/c1-4-12-22(13-5-2)19(23)17-11-10-15(14-20-17)21-16-8-6-7-9-18(16)24-3/h6-11,14,21H,4-5,12-13H2,1-3H3. The Morgan fingerprint density at radius 1 is 1.12 bits per heavy atom. The number of amides is 1. The molecule has 128 valence electrons. The quantitative estimate of drug-likeness (QED) is 0.793. The highest BCUT2D eigenvalue weighted by Gasteiger charge is 2.15. The summed E-state index contributed by atoms with van der Waals surface area (Å²) < 4.78 is 5.32. The maximum absolute atomic E-state index is 12.5. The molecule has 1 amide bonds. The van der Waals surface area contributed by atoms with E-state index in [4.69, 9.17) is 4.74 Å². The van der Waals surface area contributed by atoms with Gasteiger partial charge in [0, 0.05) is 13.1 Å². The van der Waals surface area contributed by atoms with Crippen molar-refractivity contribution in [3.63, 3.8) is 0 Å². The van der Waals surface area contributed by atoms with Crippen LogP contribution in [0.4, 0.5) is 11.4 Å². The van der Waals surface area contributed by atoms with Gasteiger partial charge in [-0.15, -0.1) is 0 Å². The molecule has 5 heteroatoms. The Labute approximate surface area is 143 Å². The summed E-state index contributed by atoms with van der Waals surface area (Å²) in [5.74, 6) is 0.747. The normalized spacial score (nSPS) is 10.3. The predicted octanol–water partition coefficient (Wildman–Crippen LogP) is 4.10. The third kappa shape index (κ3) is 4.47. The maximum atomic E-state index is 12.5. The van der Waals surface area contributed by atoms with Gasteiger partial charge in [-0.3, -0.25) is 4.79 Å². The van der Waals surface area contributed by atoms with Crippen molar-refractivity contribution >= 4 is 17.3 Å². The van der Waals surface area contributed by atoms with E-state index in [0.29, 0.717) is 5.69 Å². The van der Waals surface area contributed by atoms with Crippen molar-refractivity contribution in [2.75, 3.05) is 25.5 Å². The number of carbonyl (C=O) groups excluding carboxylic acids is 1. The number of ether oxygens (including phenoxy) is 1. The van der Waals surface area contributed by atoms with Gasteiger partial charge >= 0.3 is 0 Å². The van der Waals surface area contributed by atoms with Crippen molar-refractivity contribution in [3.05, 3.63) is 48.3 Å². The van der Waals surface area contributed by atoms with Crippen LogP contribution in [0.25, 0.3) is 0 Å². The number of nitrogens with one attached hydrogen (secondary N) is 1. The molecule has 0 fully saturated rings. The van der Waals surface area contributed by atoms with Crippen LogP contribution in [0, 0.1) is 0 Å². The lowest BCUT2D eigenvalue weighted by Crippen LogP contribution is -2.33. The summed E-state index contributed by atoms with van der Waals surface area (Å²) in [5.41, 5.74) is 2.15. The minimum absolute atomic E-state index is 0.0115. The monoisotopic (exact) mass is 327 g/mol. The van der Waals surface area contributed by atoms with Crippen LogP contribution in [-0.4, -0.2) is 36.0 Å². The van der Waals surface area contributed by atoms with E-state index in [1.165, 1.54) is 0 Å². The smallest absolute Gasteiger partial charge is 0.272 e. The van der Waals surface area contributed by atoms with E-state index in [1.807, 2.05) is 35.2 Å². The molecule has 0 atom stereocenters. The predicted molar refractivity (Wildman–Crippen MR) is 97.0 cm³/mol. The number of para-hydroxylation sites is 2. The first-order chi connectivity index (χ1) is 11.7. The molecule has 1 aromatic carbocycles. The minimum Gasteiger partial charge on any atom is -0.495 e. The molecule has 1 aromatic heterocycles. The number of aromatic nitrogens is 1. The summed E-state index contributed by atoms with van der Waals surface area (Å²) in [6.07, 6.45) is 3.56. The lowest BCUT2D eigenvalue weighted by molar-refractivity contribution is 0.0749. The lowest BCUT2D eigenvalue weighted by Gasteiger charge is -2.21. The van der Waals surface area contributed by atoms with E-state index >= 15 is 0 Å². The van der Waals surface area contributed by atoms with E-state index in [2.05, 4.69) is 24.1 Å². The Bertz CT molecular complexity index is 650. The number of anilines is 2. The molecule has 1 N–H and O–H groups in total. The number of rotatable bonds is 8.